The molecule has 1 amide bonds. The van der Waals surface area contributed by atoms with Crippen LogP contribution in [-0.2, 0) is 11.2 Å². The quantitative estimate of drug-likeness (QED) is 0.427. The Labute approximate surface area is 189 Å². The normalized spacial score (nSPS) is 12.2. The molecule has 5 rings (SSSR count). The molecule has 1 aliphatic heterocycles. The fraction of sp³-hybridized carbons (Fsp3) is 0.208. The zero-order valence-electron chi connectivity index (χ0n) is 17.7. The first kappa shape index (κ1) is 20.3. The molecule has 1 N–H and O–H groups in total. The van der Waals surface area contributed by atoms with Crippen molar-refractivity contribution in [3.8, 4) is 34.1 Å². The lowest BCUT2D eigenvalue weighted by Crippen LogP contribution is -2.12. The predicted molar refractivity (Wildman–Crippen MR) is 122 cm³/mol. The molecule has 1 aliphatic rings. The molecule has 0 aliphatic carbocycles. The Balaban J connectivity index is 1.18. The van der Waals surface area contributed by atoms with Crippen LogP contribution >= 0.6 is 11.3 Å². The van der Waals surface area contributed by atoms with Crippen LogP contribution in [0, 0.1) is 13.8 Å². The number of rotatable bonds is 6. The second-order valence-electron chi connectivity index (χ2n) is 7.57. The zero-order chi connectivity index (χ0) is 22.1. The third kappa shape index (κ3) is 4.22. The summed E-state index contributed by atoms with van der Waals surface area (Å²) >= 11 is 1.38. The van der Waals surface area contributed by atoms with Crippen molar-refractivity contribution in [2.24, 2.45) is 0 Å². The first-order valence-corrected chi connectivity index (χ1v) is 11.1. The molecule has 0 saturated heterocycles. The molecule has 0 bridgehead atoms. The highest BCUT2D eigenvalue weighted by Crippen LogP contribution is 2.36. The van der Waals surface area contributed by atoms with Gasteiger partial charge in [0.15, 0.2) is 28.3 Å². The smallest absolute Gasteiger partial charge is 0.231 e. The van der Waals surface area contributed by atoms with Gasteiger partial charge < -0.3 is 19.2 Å². The first-order chi connectivity index (χ1) is 15.5. The lowest BCUT2D eigenvalue weighted by Gasteiger charge is -2.02. The Hall–Kier alpha value is -3.65. The number of fused-ring (bicyclic) bond motifs is 1. The van der Waals surface area contributed by atoms with Gasteiger partial charge in [-0.3, -0.25) is 4.79 Å². The van der Waals surface area contributed by atoms with E-state index in [-0.39, 0.29) is 19.1 Å². The van der Waals surface area contributed by atoms with E-state index in [2.05, 4.69) is 41.3 Å². The van der Waals surface area contributed by atoms with Crippen LogP contribution < -0.4 is 14.8 Å². The summed E-state index contributed by atoms with van der Waals surface area (Å²) < 4.78 is 16.6. The molecule has 2 aromatic heterocycles. The molecule has 2 aromatic carbocycles. The molecular weight excluding hydrogens is 426 g/mol. The van der Waals surface area contributed by atoms with Gasteiger partial charge in [0, 0.05) is 29.3 Å². The molecule has 0 saturated carbocycles. The summed E-state index contributed by atoms with van der Waals surface area (Å²) in [5.41, 5.74) is 5.09. The Morgan fingerprint density at radius 2 is 1.91 bits per heavy atom. The molecule has 32 heavy (non-hydrogen) atoms. The average molecular weight is 448 g/mol. The topological polar surface area (TPSA) is 86.5 Å². The highest BCUT2D eigenvalue weighted by atomic mass is 32.1. The Morgan fingerprint density at radius 3 is 2.78 bits per heavy atom. The first-order valence-electron chi connectivity index (χ1n) is 10.2. The average Bonchev–Trinajstić information content (AvgIpc) is 3.54. The zero-order valence-corrected chi connectivity index (χ0v) is 18.5. The van der Waals surface area contributed by atoms with Crippen molar-refractivity contribution < 1.29 is 18.7 Å². The van der Waals surface area contributed by atoms with Crippen molar-refractivity contribution in [2.45, 2.75) is 26.7 Å². The van der Waals surface area contributed by atoms with E-state index in [9.17, 15) is 4.79 Å². The minimum Gasteiger partial charge on any atom is -0.454 e. The van der Waals surface area contributed by atoms with E-state index in [0.717, 1.165) is 22.6 Å². The number of ether oxygens (including phenoxy) is 2. The summed E-state index contributed by atoms with van der Waals surface area (Å²) in [6, 6.07) is 11.8. The van der Waals surface area contributed by atoms with Crippen LogP contribution in [0.25, 0.3) is 22.6 Å². The minimum absolute atomic E-state index is 0.137. The van der Waals surface area contributed by atoms with Crippen LogP contribution in [0.1, 0.15) is 23.4 Å². The summed E-state index contributed by atoms with van der Waals surface area (Å²) in [7, 11) is 0. The number of nitrogens with zero attached hydrogens (tertiary/aromatic N) is 2. The van der Waals surface area contributed by atoms with Crippen molar-refractivity contribution in [1.82, 2.24) is 9.97 Å². The second kappa shape index (κ2) is 8.47. The summed E-state index contributed by atoms with van der Waals surface area (Å²) in [6.07, 6.45) is 2.37. The van der Waals surface area contributed by atoms with Gasteiger partial charge in [0.2, 0.25) is 12.7 Å². The number of oxazole rings is 1. The molecule has 0 fully saturated rings. The van der Waals surface area contributed by atoms with E-state index in [1.165, 1.54) is 22.5 Å². The van der Waals surface area contributed by atoms with Crippen molar-refractivity contribution in [2.75, 3.05) is 12.1 Å². The Morgan fingerprint density at radius 1 is 1.06 bits per heavy atom. The van der Waals surface area contributed by atoms with Gasteiger partial charge in [-0.05, 0) is 49.2 Å². The number of hydrogen-bond donors (Lipinski definition) is 1. The highest BCUT2D eigenvalue weighted by molar-refractivity contribution is 7.14. The van der Waals surface area contributed by atoms with Gasteiger partial charge in [0.25, 0.3) is 0 Å². The molecule has 7 nitrogen and oxygen atoms in total. The van der Waals surface area contributed by atoms with Crippen LogP contribution in [-0.4, -0.2) is 22.7 Å². The van der Waals surface area contributed by atoms with E-state index in [1.807, 2.05) is 29.6 Å². The van der Waals surface area contributed by atoms with Gasteiger partial charge >= 0.3 is 0 Å². The van der Waals surface area contributed by atoms with Gasteiger partial charge in [0.05, 0.1) is 11.9 Å². The lowest BCUT2D eigenvalue weighted by molar-refractivity contribution is -0.116. The van der Waals surface area contributed by atoms with Crippen LogP contribution in [0.3, 0.4) is 0 Å². The number of carbonyl (C=O) groups is 1. The standard InChI is InChI=1S/C24H21N3O4S/c1-14-3-4-17(9-15(14)2)21-11-25-23(31-21)8-7-22(28)27-24-26-18(12-32-24)16-5-6-19-20(10-16)30-13-29-19/h3-6,9-12H,7-8,13H2,1-2H3,(H,26,27,28). The largest absolute Gasteiger partial charge is 0.454 e. The van der Waals surface area contributed by atoms with E-state index >= 15 is 0 Å². The van der Waals surface area contributed by atoms with E-state index in [0.29, 0.717) is 29.0 Å². The van der Waals surface area contributed by atoms with Crippen LogP contribution in [0.2, 0.25) is 0 Å². The van der Waals surface area contributed by atoms with E-state index in [1.54, 1.807) is 6.20 Å². The molecule has 0 radical (unpaired) electrons. The number of aromatic nitrogens is 2. The number of aryl methyl sites for hydroxylation is 3. The second-order valence-corrected chi connectivity index (χ2v) is 8.43. The molecular formula is C24H21N3O4S. The molecule has 8 heteroatoms. The maximum Gasteiger partial charge on any atom is 0.231 e. The molecule has 0 unspecified atom stereocenters. The molecule has 162 valence electrons. The highest BCUT2D eigenvalue weighted by Gasteiger charge is 2.16. The van der Waals surface area contributed by atoms with Gasteiger partial charge in [-0.1, -0.05) is 12.1 Å². The SMILES string of the molecule is Cc1ccc(-c2cnc(CCC(=O)Nc3nc(-c4ccc5c(c4)OCO5)cs3)o2)cc1C. The number of anilines is 1. The fourth-order valence-electron chi connectivity index (χ4n) is 3.38. The summed E-state index contributed by atoms with van der Waals surface area (Å²) in [5, 5.41) is 5.30. The number of benzene rings is 2. The Kier molecular flexibility index (Phi) is 5.36. The predicted octanol–water partition coefficient (Wildman–Crippen LogP) is 5.38. The van der Waals surface area contributed by atoms with Crippen LogP contribution in [0.15, 0.2) is 52.4 Å². The fourth-order valence-corrected chi connectivity index (χ4v) is 4.11. The van der Waals surface area contributed by atoms with Crippen LogP contribution in [0.4, 0.5) is 5.13 Å². The maximum atomic E-state index is 12.4. The monoisotopic (exact) mass is 447 g/mol. The molecule has 0 spiro atoms. The molecule has 3 heterocycles. The van der Waals surface area contributed by atoms with Crippen molar-refractivity contribution >= 4 is 22.4 Å². The third-order valence-corrected chi connectivity index (χ3v) is 6.09. The van der Waals surface area contributed by atoms with Crippen molar-refractivity contribution in [3.05, 3.63) is 65.0 Å². The van der Waals surface area contributed by atoms with Crippen molar-refractivity contribution in [3.63, 3.8) is 0 Å². The van der Waals surface area contributed by atoms with Crippen molar-refractivity contribution in [1.29, 1.82) is 0 Å². The lowest BCUT2D eigenvalue weighted by atomic mass is 10.1. The number of amides is 1. The number of hydrogen-bond acceptors (Lipinski definition) is 7. The van der Waals surface area contributed by atoms with Gasteiger partial charge in [-0.2, -0.15) is 0 Å². The van der Waals surface area contributed by atoms with Gasteiger partial charge in [-0.15, -0.1) is 11.3 Å². The summed E-state index contributed by atoms with van der Waals surface area (Å²) in [6.45, 7) is 4.37. The number of nitrogens with one attached hydrogen (secondary N) is 1. The van der Waals surface area contributed by atoms with Crippen LogP contribution in [0.5, 0.6) is 11.5 Å². The Bertz CT molecular complexity index is 1290. The molecule has 4 aromatic rings. The van der Waals surface area contributed by atoms with Gasteiger partial charge in [0.1, 0.15) is 0 Å². The summed E-state index contributed by atoms with van der Waals surface area (Å²) in [4.78, 5) is 21.2. The van der Waals surface area contributed by atoms with E-state index in [4.69, 9.17) is 13.9 Å². The minimum atomic E-state index is -0.137. The number of thiazole rings is 1. The maximum absolute atomic E-state index is 12.4. The molecule has 0 atom stereocenters. The number of carbonyl (C=O) groups excluding carboxylic acids is 1. The summed E-state index contributed by atoms with van der Waals surface area (Å²) in [5.74, 6) is 2.53. The van der Waals surface area contributed by atoms with E-state index < -0.39 is 0 Å². The third-order valence-electron chi connectivity index (χ3n) is 5.33. The van der Waals surface area contributed by atoms with Gasteiger partial charge in [-0.25, -0.2) is 9.97 Å².